The average molecular weight is 300 g/mol. The minimum absolute atomic E-state index is 0.186. The molecule has 2 heterocycles. The third-order valence-corrected chi connectivity index (χ3v) is 4.39. The van der Waals surface area contributed by atoms with Gasteiger partial charge in [-0.05, 0) is 63.2 Å². The maximum Gasteiger partial charge on any atom is 0.410 e. The number of carbonyl (C=O) groups excluding carboxylic acids is 1. The molecule has 0 radical (unpaired) electrons. The number of aromatic nitrogens is 1. The van der Waals surface area contributed by atoms with Gasteiger partial charge in [0.05, 0.1) is 0 Å². The van der Waals surface area contributed by atoms with Crippen LogP contribution in [0.1, 0.15) is 38.4 Å². The molecular weight excluding hydrogens is 276 g/mol. The highest BCUT2D eigenvalue weighted by Gasteiger charge is 2.39. The highest BCUT2D eigenvalue weighted by Crippen LogP contribution is 2.41. The predicted molar refractivity (Wildman–Crippen MR) is 86.4 cm³/mol. The molecule has 1 aromatic heterocycles. The first-order valence-corrected chi connectivity index (χ1v) is 7.94. The van der Waals surface area contributed by atoms with E-state index in [4.69, 9.17) is 4.74 Å². The number of aryl methyl sites for hydroxylation is 1. The number of nitrogens with zero attached hydrogens (tertiary/aromatic N) is 2. The fourth-order valence-corrected chi connectivity index (χ4v) is 3.41. The summed E-state index contributed by atoms with van der Waals surface area (Å²) in [7, 11) is 0. The number of hydrogen-bond donors (Lipinski definition) is 0. The van der Waals surface area contributed by atoms with E-state index < -0.39 is 5.60 Å². The van der Waals surface area contributed by atoms with Gasteiger partial charge < -0.3 is 9.64 Å². The topological polar surface area (TPSA) is 42.4 Å². The normalized spacial score (nSPS) is 24.2. The summed E-state index contributed by atoms with van der Waals surface area (Å²) in [6.07, 6.45) is 5.00. The summed E-state index contributed by atoms with van der Waals surface area (Å²) < 4.78 is 5.47. The van der Waals surface area contributed by atoms with Crippen molar-refractivity contribution in [3.63, 3.8) is 0 Å². The zero-order valence-corrected chi connectivity index (χ0v) is 13.8. The Bertz CT molecular complexity index is 616. The Morgan fingerprint density at radius 2 is 2.14 bits per heavy atom. The van der Waals surface area contributed by atoms with E-state index in [0.29, 0.717) is 11.8 Å². The van der Waals surface area contributed by atoms with E-state index in [1.807, 2.05) is 37.9 Å². The summed E-state index contributed by atoms with van der Waals surface area (Å²) in [4.78, 5) is 18.4. The highest BCUT2D eigenvalue weighted by atomic mass is 16.6. The maximum absolute atomic E-state index is 12.2. The van der Waals surface area contributed by atoms with Crippen molar-refractivity contribution in [3.05, 3.63) is 35.7 Å². The number of carbonyl (C=O) groups is 1. The van der Waals surface area contributed by atoms with Gasteiger partial charge in [0.2, 0.25) is 0 Å². The van der Waals surface area contributed by atoms with Crippen LogP contribution in [0.2, 0.25) is 0 Å². The van der Waals surface area contributed by atoms with Crippen molar-refractivity contribution in [1.82, 2.24) is 9.88 Å². The molecule has 22 heavy (non-hydrogen) atoms. The molecule has 0 bridgehead atoms. The largest absolute Gasteiger partial charge is 0.444 e. The second kappa shape index (κ2) is 5.41. The van der Waals surface area contributed by atoms with E-state index >= 15 is 0 Å². The van der Waals surface area contributed by atoms with Gasteiger partial charge in [0.25, 0.3) is 0 Å². The Balaban J connectivity index is 1.68. The third kappa shape index (κ3) is 3.01. The summed E-state index contributed by atoms with van der Waals surface area (Å²) in [6.45, 7) is 9.33. The van der Waals surface area contributed by atoms with Crippen molar-refractivity contribution in [2.24, 2.45) is 11.8 Å². The predicted octanol–water partition coefficient (Wildman–Crippen LogP) is 3.66. The van der Waals surface area contributed by atoms with Crippen molar-refractivity contribution < 1.29 is 9.53 Å². The molecule has 4 heteroatoms. The van der Waals surface area contributed by atoms with Crippen LogP contribution in [-0.2, 0) is 4.74 Å². The van der Waals surface area contributed by atoms with Crippen LogP contribution in [0.25, 0.3) is 5.57 Å². The molecule has 1 aromatic rings. The summed E-state index contributed by atoms with van der Waals surface area (Å²) >= 11 is 0. The zero-order chi connectivity index (χ0) is 15.9. The van der Waals surface area contributed by atoms with E-state index in [9.17, 15) is 4.79 Å². The van der Waals surface area contributed by atoms with Crippen LogP contribution < -0.4 is 0 Å². The van der Waals surface area contributed by atoms with Crippen molar-refractivity contribution in [1.29, 1.82) is 0 Å². The summed E-state index contributed by atoms with van der Waals surface area (Å²) in [5, 5.41) is 0. The fourth-order valence-electron chi connectivity index (χ4n) is 3.41. The van der Waals surface area contributed by atoms with E-state index in [-0.39, 0.29) is 6.09 Å². The van der Waals surface area contributed by atoms with Gasteiger partial charge in [0, 0.05) is 25.0 Å². The lowest BCUT2D eigenvalue weighted by molar-refractivity contribution is 0.0285. The maximum atomic E-state index is 12.2. The average Bonchev–Trinajstić information content (AvgIpc) is 2.95. The number of likely N-dealkylation sites (tertiary alicyclic amines) is 1. The van der Waals surface area contributed by atoms with Crippen molar-refractivity contribution >= 4 is 11.7 Å². The molecular formula is C18H24N2O2. The number of hydrogen-bond acceptors (Lipinski definition) is 3. The highest BCUT2D eigenvalue weighted by molar-refractivity contribution is 5.72. The molecule has 1 amide bonds. The second-order valence-corrected chi connectivity index (χ2v) is 7.34. The van der Waals surface area contributed by atoms with Gasteiger partial charge in [-0.1, -0.05) is 12.1 Å². The van der Waals surface area contributed by atoms with Crippen molar-refractivity contribution in [2.75, 3.05) is 13.1 Å². The van der Waals surface area contributed by atoms with Crippen LogP contribution in [0.15, 0.2) is 24.4 Å². The smallest absolute Gasteiger partial charge is 0.410 e. The molecule has 2 aliphatic rings. The minimum atomic E-state index is -0.428. The van der Waals surface area contributed by atoms with E-state index in [1.54, 1.807) is 0 Å². The third-order valence-electron chi connectivity index (χ3n) is 4.39. The molecule has 2 atom stereocenters. The minimum Gasteiger partial charge on any atom is -0.444 e. The standard InChI is InChI=1S/C18H24N2O2/c1-12-16(6-5-7-19-12)13-8-14-10-20(11-15(14)9-13)17(21)22-18(2,3)4/h5-8,14-15H,9-11H2,1-4H3/t14-,15+/m1/s1. The number of amides is 1. The molecule has 118 valence electrons. The van der Waals surface area contributed by atoms with Gasteiger partial charge in [0.1, 0.15) is 5.60 Å². The van der Waals surface area contributed by atoms with E-state index in [0.717, 1.165) is 25.2 Å². The molecule has 1 fully saturated rings. The Hall–Kier alpha value is -1.84. The monoisotopic (exact) mass is 300 g/mol. The first kappa shape index (κ1) is 15.1. The van der Waals surface area contributed by atoms with Gasteiger partial charge in [-0.3, -0.25) is 4.98 Å². The molecule has 0 saturated carbocycles. The molecule has 1 aliphatic carbocycles. The molecule has 1 saturated heterocycles. The first-order valence-electron chi connectivity index (χ1n) is 7.94. The Labute approximate surface area is 132 Å². The van der Waals surface area contributed by atoms with Gasteiger partial charge in [-0.15, -0.1) is 0 Å². The fraction of sp³-hybridized carbons (Fsp3) is 0.556. The Morgan fingerprint density at radius 3 is 2.77 bits per heavy atom. The molecule has 3 rings (SSSR count). The summed E-state index contributed by atoms with van der Waals surface area (Å²) in [5.41, 5.74) is 3.28. The Kier molecular flexibility index (Phi) is 3.71. The Morgan fingerprint density at radius 1 is 1.36 bits per heavy atom. The van der Waals surface area contributed by atoms with E-state index in [1.165, 1.54) is 11.1 Å². The number of fused-ring (bicyclic) bond motifs is 1. The summed E-state index contributed by atoms with van der Waals surface area (Å²) in [5.74, 6) is 0.962. The van der Waals surface area contributed by atoms with Crippen LogP contribution in [0.3, 0.4) is 0 Å². The van der Waals surface area contributed by atoms with Crippen LogP contribution in [0.5, 0.6) is 0 Å². The van der Waals surface area contributed by atoms with Gasteiger partial charge in [-0.2, -0.15) is 0 Å². The quantitative estimate of drug-likeness (QED) is 0.795. The lowest BCUT2D eigenvalue weighted by Gasteiger charge is -2.24. The molecule has 0 spiro atoms. The van der Waals surface area contributed by atoms with Gasteiger partial charge in [-0.25, -0.2) is 4.79 Å². The SMILES string of the molecule is Cc1ncccc1C1=C[C@@H]2CN(C(=O)OC(C)(C)C)C[C@@H]2C1. The molecule has 4 nitrogen and oxygen atoms in total. The molecule has 1 aliphatic heterocycles. The number of pyridine rings is 1. The van der Waals surface area contributed by atoms with Crippen LogP contribution >= 0.6 is 0 Å². The first-order chi connectivity index (χ1) is 10.3. The number of rotatable bonds is 1. The number of ether oxygens (including phenoxy) is 1. The van der Waals surface area contributed by atoms with E-state index in [2.05, 4.69) is 24.1 Å². The molecule has 0 N–H and O–H groups in total. The second-order valence-electron chi connectivity index (χ2n) is 7.34. The number of allylic oxidation sites excluding steroid dienone is 1. The van der Waals surface area contributed by atoms with Gasteiger partial charge in [0.15, 0.2) is 0 Å². The van der Waals surface area contributed by atoms with Gasteiger partial charge >= 0.3 is 6.09 Å². The van der Waals surface area contributed by atoms with Crippen molar-refractivity contribution in [2.45, 2.75) is 39.7 Å². The van der Waals surface area contributed by atoms with Crippen LogP contribution in [0, 0.1) is 18.8 Å². The van der Waals surface area contributed by atoms with Crippen LogP contribution in [-0.4, -0.2) is 34.7 Å². The van der Waals surface area contributed by atoms with Crippen molar-refractivity contribution in [3.8, 4) is 0 Å². The molecule has 0 aromatic carbocycles. The summed E-state index contributed by atoms with van der Waals surface area (Å²) in [6, 6.07) is 4.13. The lowest BCUT2D eigenvalue weighted by atomic mass is 9.98. The lowest BCUT2D eigenvalue weighted by Crippen LogP contribution is -2.35. The zero-order valence-electron chi connectivity index (χ0n) is 13.8. The van der Waals surface area contributed by atoms with Crippen LogP contribution in [0.4, 0.5) is 4.79 Å². The molecule has 0 unspecified atom stereocenters.